The molecule has 0 saturated carbocycles. The molecular weight excluding hydrogens is 362 g/mol. The van der Waals surface area contributed by atoms with Crippen molar-refractivity contribution in [3.05, 3.63) is 48.0 Å². The molecule has 0 unspecified atom stereocenters. The van der Waals surface area contributed by atoms with Gasteiger partial charge in [0.2, 0.25) is 5.91 Å². The quantitative estimate of drug-likeness (QED) is 0.709. The molecule has 8 heteroatoms. The molecule has 1 aliphatic heterocycles. The molecule has 8 nitrogen and oxygen atoms in total. The zero-order chi connectivity index (χ0) is 20.1. The lowest BCUT2D eigenvalue weighted by Gasteiger charge is -2.23. The summed E-state index contributed by atoms with van der Waals surface area (Å²) in [6, 6.07) is 11.7. The van der Waals surface area contributed by atoms with E-state index < -0.39 is 17.9 Å². The summed E-state index contributed by atoms with van der Waals surface area (Å²) in [5, 5.41) is 7.95. The highest BCUT2D eigenvalue weighted by Crippen LogP contribution is 2.32. The molecule has 0 aliphatic carbocycles. The van der Waals surface area contributed by atoms with Crippen LogP contribution in [0.3, 0.4) is 0 Å². The van der Waals surface area contributed by atoms with Gasteiger partial charge in [-0.15, -0.1) is 0 Å². The van der Waals surface area contributed by atoms with Crippen molar-refractivity contribution in [2.24, 2.45) is 0 Å². The van der Waals surface area contributed by atoms with E-state index in [1.54, 1.807) is 49.4 Å². The molecule has 1 atom stereocenters. The maximum Gasteiger partial charge on any atom is 0.265 e. The van der Waals surface area contributed by atoms with E-state index in [4.69, 9.17) is 9.47 Å². The lowest BCUT2D eigenvalue weighted by Crippen LogP contribution is -2.34. The van der Waals surface area contributed by atoms with Crippen LogP contribution in [0, 0.1) is 0 Å². The maximum atomic E-state index is 12.3. The molecule has 0 saturated heterocycles. The van der Waals surface area contributed by atoms with Gasteiger partial charge in [-0.1, -0.05) is 12.1 Å². The molecule has 0 bridgehead atoms. The third-order valence-corrected chi connectivity index (χ3v) is 4.04. The van der Waals surface area contributed by atoms with Gasteiger partial charge in [0.15, 0.2) is 6.10 Å². The zero-order valence-corrected chi connectivity index (χ0v) is 15.6. The molecule has 28 heavy (non-hydrogen) atoms. The summed E-state index contributed by atoms with van der Waals surface area (Å²) in [4.78, 5) is 36.2. The molecule has 146 valence electrons. The molecule has 3 rings (SSSR count). The van der Waals surface area contributed by atoms with Crippen molar-refractivity contribution in [1.82, 2.24) is 5.32 Å². The highest BCUT2D eigenvalue weighted by molar-refractivity contribution is 6.02. The van der Waals surface area contributed by atoms with Crippen LogP contribution < -0.4 is 25.4 Å². The Morgan fingerprint density at radius 1 is 1.21 bits per heavy atom. The molecule has 0 aromatic heterocycles. The topological polar surface area (TPSA) is 106 Å². The average molecular weight is 383 g/mol. The number of amides is 3. The molecule has 3 amide bonds. The van der Waals surface area contributed by atoms with Crippen LogP contribution in [0.25, 0.3) is 0 Å². The summed E-state index contributed by atoms with van der Waals surface area (Å²) >= 11 is 0. The van der Waals surface area contributed by atoms with E-state index in [-0.39, 0.29) is 12.5 Å². The Labute approximate surface area is 162 Å². The van der Waals surface area contributed by atoms with Crippen LogP contribution in [0.15, 0.2) is 42.5 Å². The van der Waals surface area contributed by atoms with E-state index in [9.17, 15) is 14.4 Å². The summed E-state index contributed by atoms with van der Waals surface area (Å²) in [5.74, 6) is -0.0670. The van der Waals surface area contributed by atoms with Crippen molar-refractivity contribution in [2.75, 3.05) is 23.8 Å². The van der Waals surface area contributed by atoms with Gasteiger partial charge >= 0.3 is 0 Å². The predicted molar refractivity (Wildman–Crippen MR) is 104 cm³/mol. The van der Waals surface area contributed by atoms with Crippen LogP contribution >= 0.6 is 0 Å². The van der Waals surface area contributed by atoms with Gasteiger partial charge in [-0.2, -0.15) is 0 Å². The van der Waals surface area contributed by atoms with Crippen molar-refractivity contribution in [3.8, 4) is 11.5 Å². The summed E-state index contributed by atoms with van der Waals surface area (Å²) < 4.78 is 10.9. The molecule has 1 heterocycles. The average Bonchev–Trinajstić information content (AvgIpc) is 2.68. The van der Waals surface area contributed by atoms with Gasteiger partial charge in [-0.25, -0.2) is 0 Å². The maximum absolute atomic E-state index is 12.3. The Hall–Kier alpha value is -3.55. The minimum absolute atomic E-state index is 0.212. The highest BCUT2D eigenvalue weighted by atomic mass is 16.5. The Morgan fingerprint density at radius 2 is 2.00 bits per heavy atom. The van der Waals surface area contributed by atoms with Gasteiger partial charge in [0, 0.05) is 5.69 Å². The third-order valence-electron chi connectivity index (χ3n) is 4.04. The van der Waals surface area contributed by atoms with E-state index in [1.807, 2.05) is 6.92 Å². The lowest BCUT2D eigenvalue weighted by molar-refractivity contribution is -0.122. The first kappa shape index (κ1) is 19.2. The number of rotatable bonds is 6. The Bertz CT molecular complexity index is 912. The van der Waals surface area contributed by atoms with Crippen LogP contribution in [-0.4, -0.2) is 37.0 Å². The number of fused-ring (bicyclic) bond motifs is 1. The van der Waals surface area contributed by atoms with Gasteiger partial charge in [0.25, 0.3) is 11.8 Å². The number of hydrogen-bond acceptors (Lipinski definition) is 5. The Morgan fingerprint density at radius 3 is 2.79 bits per heavy atom. The summed E-state index contributed by atoms with van der Waals surface area (Å²) in [7, 11) is 0. The Kier molecular flexibility index (Phi) is 5.78. The molecular formula is C20H21N3O5. The first-order valence-electron chi connectivity index (χ1n) is 8.89. The van der Waals surface area contributed by atoms with Crippen LogP contribution in [0.4, 0.5) is 11.4 Å². The largest absolute Gasteiger partial charge is 0.493 e. The Balaban J connectivity index is 1.59. The number of benzene rings is 2. The normalized spacial score (nSPS) is 14.9. The molecule has 0 spiro atoms. The first-order valence-corrected chi connectivity index (χ1v) is 8.89. The number of nitrogens with one attached hydrogen (secondary N) is 3. The van der Waals surface area contributed by atoms with Crippen molar-refractivity contribution in [1.29, 1.82) is 0 Å². The number of carbonyl (C=O) groups is 3. The van der Waals surface area contributed by atoms with Crippen LogP contribution in [0.1, 0.15) is 24.2 Å². The second-order valence-corrected chi connectivity index (χ2v) is 6.12. The minimum Gasteiger partial charge on any atom is -0.493 e. The molecule has 3 N–H and O–H groups in total. The highest BCUT2D eigenvalue weighted by Gasteiger charge is 2.23. The monoisotopic (exact) mass is 383 g/mol. The van der Waals surface area contributed by atoms with Gasteiger partial charge < -0.3 is 25.4 Å². The van der Waals surface area contributed by atoms with Gasteiger partial charge in [0.05, 0.1) is 24.4 Å². The zero-order valence-electron chi connectivity index (χ0n) is 15.6. The fraction of sp³-hybridized carbons (Fsp3) is 0.250. The number of para-hydroxylation sites is 1. The fourth-order valence-electron chi connectivity index (χ4n) is 2.68. The number of ether oxygens (including phenoxy) is 2. The van der Waals surface area contributed by atoms with Crippen LogP contribution in [0.5, 0.6) is 11.5 Å². The summed E-state index contributed by atoms with van der Waals surface area (Å²) in [6.07, 6.45) is -0.567. The van der Waals surface area contributed by atoms with E-state index in [2.05, 4.69) is 16.0 Å². The van der Waals surface area contributed by atoms with Crippen molar-refractivity contribution < 1.29 is 23.9 Å². The van der Waals surface area contributed by atoms with Gasteiger partial charge in [-0.3, -0.25) is 14.4 Å². The van der Waals surface area contributed by atoms with Crippen molar-refractivity contribution in [3.63, 3.8) is 0 Å². The molecule has 0 fully saturated rings. The number of carbonyl (C=O) groups excluding carboxylic acids is 3. The van der Waals surface area contributed by atoms with E-state index in [1.165, 1.54) is 0 Å². The number of anilines is 2. The molecule has 2 aromatic rings. The fourth-order valence-corrected chi connectivity index (χ4v) is 2.68. The van der Waals surface area contributed by atoms with Crippen LogP contribution in [-0.2, 0) is 9.59 Å². The third kappa shape index (κ3) is 4.40. The lowest BCUT2D eigenvalue weighted by atomic mass is 10.2. The SMILES string of the molecule is CCOc1ccccc1C(=O)NCC(=O)Nc1ccc2c(c1)NC(=O)[C@@H](C)O2. The van der Waals surface area contributed by atoms with E-state index in [0.717, 1.165) is 0 Å². The second kappa shape index (κ2) is 8.43. The summed E-state index contributed by atoms with van der Waals surface area (Å²) in [5.41, 5.74) is 1.32. The van der Waals surface area contributed by atoms with Crippen LogP contribution in [0.2, 0.25) is 0 Å². The van der Waals surface area contributed by atoms with Crippen molar-refractivity contribution in [2.45, 2.75) is 20.0 Å². The molecule has 1 aliphatic rings. The van der Waals surface area contributed by atoms with Crippen molar-refractivity contribution >= 4 is 29.1 Å². The standard InChI is InChI=1S/C20H21N3O5/c1-3-27-16-7-5-4-6-14(16)20(26)21-11-18(24)22-13-8-9-17-15(10-13)23-19(25)12(2)28-17/h4-10,12H,3,11H2,1-2H3,(H,21,26)(H,22,24)(H,23,25)/t12-/m1/s1. The molecule has 2 aromatic carbocycles. The van der Waals surface area contributed by atoms with Gasteiger partial charge in [0.1, 0.15) is 11.5 Å². The summed E-state index contributed by atoms with van der Waals surface area (Å²) in [6.45, 7) is 3.70. The number of hydrogen-bond donors (Lipinski definition) is 3. The van der Waals surface area contributed by atoms with E-state index >= 15 is 0 Å². The van der Waals surface area contributed by atoms with Gasteiger partial charge in [-0.05, 0) is 44.2 Å². The predicted octanol–water partition coefficient (Wildman–Crippen LogP) is 2.17. The molecule has 0 radical (unpaired) electrons. The second-order valence-electron chi connectivity index (χ2n) is 6.12. The van der Waals surface area contributed by atoms with E-state index in [0.29, 0.717) is 35.0 Å². The smallest absolute Gasteiger partial charge is 0.265 e. The minimum atomic E-state index is -0.567. The first-order chi connectivity index (χ1) is 13.5.